The maximum atomic E-state index is 14.1. The molecule has 0 radical (unpaired) electrons. The van der Waals surface area contributed by atoms with Crippen molar-refractivity contribution in [2.24, 2.45) is 5.41 Å². The number of benzene rings is 3. The van der Waals surface area contributed by atoms with E-state index in [1.54, 1.807) is 19.2 Å². The Morgan fingerprint density at radius 1 is 0.919 bits per heavy atom. The van der Waals surface area contributed by atoms with Crippen molar-refractivity contribution in [2.45, 2.75) is 89.5 Å². The highest BCUT2D eigenvalue weighted by Crippen LogP contribution is 2.46. The molecular formula is C46H50F2N8O6. The van der Waals surface area contributed by atoms with Crippen LogP contribution in [-0.2, 0) is 33.9 Å². The molecule has 1 unspecified atom stereocenters. The summed E-state index contributed by atoms with van der Waals surface area (Å²) >= 11 is 0. The topological polar surface area (TPSA) is 151 Å². The Morgan fingerprint density at radius 3 is 2.26 bits per heavy atom. The van der Waals surface area contributed by atoms with E-state index in [2.05, 4.69) is 38.6 Å². The Balaban J connectivity index is 0.755. The number of likely N-dealkylation sites (tertiary alicyclic amines) is 1. The van der Waals surface area contributed by atoms with E-state index in [4.69, 9.17) is 4.74 Å². The lowest BCUT2D eigenvalue weighted by Gasteiger charge is -2.47. The number of halogens is 2. The zero-order valence-corrected chi connectivity index (χ0v) is 34.9. The Morgan fingerprint density at radius 2 is 1.60 bits per heavy atom. The number of H-pyrrole nitrogens is 1. The molecule has 5 amide bonds. The van der Waals surface area contributed by atoms with E-state index < -0.39 is 42.1 Å². The van der Waals surface area contributed by atoms with Crippen LogP contribution < -0.4 is 15.0 Å². The van der Waals surface area contributed by atoms with Gasteiger partial charge in [-0.25, -0.2) is 8.78 Å². The van der Waals surface area contributed by atoms with Gasteiger partial charge in [0.25, 0.3) is 18.2 Å². The standard InChI is InChI=1S/C46H50F2N8O6/c1-26-17-32-30(5-6-36-35(32)21-49-51-36)42(55(26)24-39(47)48)31-4-3-29(20-38(31)62-2)53-13-9-46(10-14-53)11-15-54(16-12-46)41(58)25-52-22-27-18-33-34(19-28(27)23-52)45(61)56(44(33)60)37-7-8-40(57)50-43(37)59/h3-6,18-21,26,37,39,42H,7-17,22-25H2,1-2H3,(H,49,51)(H,50,57,59)/t26-,37?,42+/m1/s1. The van der Waals surface area contributed by atoms with Crippen LogP contribution in [0.1, 0.15) is 100 Å². The number of hydrogen-bond acceptors (Lipinski definition) is 10. The molecule has 324 valence electrons. The van der Waals surface area contributed by atoms with Crippen LogP contribution in [-0.4, -0.2) is 124 Å². The molecule has 0 bridgehead atoms. The van der Waals surface area contributed by atoms with Crippen LogP contribution in [0.25, 0.3) is 10.9 Å². The smallest absolute Gasteiger partial charge is 0.262 e. The van der Waals surface area contributed by atoms with Crippen LogP contribution in [0.4, 0.5) is 14.5 Å². The second-order valence-corrected chi connectivity index (χ2v) is 18.1. The monoisotopic (exact) mass is 848 g/mol. The van der Waals surface area contributed by atoms with Crippen molar-refractivity contribution in [2.75, 3.05) is 51.3 Å². The van der Waals surface area contributed by atoms with E-state index >= 15 is 0 Å². The minimum Gasteiger partial charge on any atom is -0.496 e. The fourth-order valence-corrected chi connectivity index (χ4v) is 11.1. The van der Waals surface area contributed by atoms with Crippen molar-refractivity contribution in [3.8, 4) is 5.75 Å². The van der Waals surface area contributed by atoms with Crippen molar-refractivity contribution in [1.29, 1.82) is 0 Å². The third-order valence-corrected chi connectivity index (χ3v) is 14.6. The number of amides is 5. The molecule has 1 aromatic heterocycles. The Labute approximate surface area is 357 Å². The van der Waals surface area contributed by atoms with E-state index in [1.807, 2.05) is 40.0 Å². The first-order valence-electron chi connectivity index (χ1n) is 21.7. The van der Waals surface area contributed by atoms with Crippen LogP contribution in [0.15, 0.2) is 48.7 Å². The third-order valence-electron chi connectivity index (χ3n) is 14.6. The molecule has 3 atom stereocenters. The van der Waals surface area contributed by atoms with E-state index in [0.717, 1.165) is 88.1 Å². The molecule has 3 saturated heterocycles. The zero-order chi connectivity index (χ0) is 43.0. The highest BCUT2D eigenvalue weighted by Gasteiger charge is 2.46. The summed E-state index contributed by atoms with van der Waals surface area (Å²) in [6.45, 7) is 5.97. The number of carbonyl (C=O) groups is 5. The molecule has 3 fully saturated rings. The number of alkyl halides is 2. The lowest BCUT2D eigenvalue weighted by atomic mass is 9.71. The van der Waals surface area contributed by atoms with Gasteiger partial charge in [-0.15, -0.1) is 0 Å². The number of piperidine rings is 3. The van der Waals surface area contributed by atoms with Gasteiger partial charge in [-0.05, 0) is 97.4 Å². The average molecular weight is 849 g/mol. The Kier molecular flexibility index (Phi) is 10.1. The highest BCUT2D eigenvalue weighted by molar-refractivity contribution is 6.23. The number of fused-ring (bicyclic) bond motifs is 5. The molecule has 62 heavy (non-hydrogen) atoms. The van der Waals surface area contributed by atoms with Crippen LogP contribution in [0.5, 0.6) is 5.75 Å². The number of methoxy groups -OCH3 is 1. The van der Waals surface area contributed by atoms with Gasteiger partial charge in [0.05, 0.1) is 49.1 Å². The van der Waals surface area contributed by atoms with Crippen molar-refractivity contribution >= 4 is 46.1 Å². The number of anilines is 1. The Hall–Kier alpha value is -5.74. The summed E-state index contributed by atoms with van der Waals surface area (Å²) in [6, 6.07) is 12.1. The fraction of sp³-hybridized carbons (Fsp3) is 0.478. The van der Waals surface area contributed by atoms with Gasteiger partial charge >= 0.3 is 0 Å². The number of imide groups is 2. The van der Waals surface area contributed by atoms with Gasteiger partial charge in [0.1, 0.15) is 11.8 Å². The first-order valence-corrected chi connectivity index (χ1v) is 21.7. The number of nitrogens with zero attached hydrogens (tertiary/aromatic N) is 6. The molecule has 14 nitrogen and oxygen atoms in total. The van der Waals surface area contributed by atoms with Gasteiger partial charge in [-0.1, -0.05) is 12.1 Å². The summed E-state index contributed by atoms with van der Waals surface area (Å²) in [5.74, 6) is -1.37. The van der Waals surface area contributed by atoms with Crippen molar-refractivity contribution < 1.29 is 37.5 Å². The highest BCUT2D eigenvalue weighted by atomic mass is 19.3. The molecule has 0 aliphatic carbocycles. The van der Waals surface area contributed by atoms with E-state index in [1.165, 1.54) is 0 Å². The number of hydrogen-bond donors (Lipinski definition) is 2. The van der Waals surface area contributed by atoms with Gasteiger partial charge in [-0.2, -0.15) is 5.10 Å². The van der Waals surface area contributed by atoms with Crippen molar-refractivity contribution in [1.82, 2.24) is 35.1 Å². The van der Waals surface area contributed by atoms with Crippen molar-refractivity contribution in [3.05, 3.63) is 87.6 Å². The molecule has 1 spiro atoms. The second kappa shape index (κ2) is 15.6. The number of rotatable bonds is 8. The fourth-order valence-electron chi connectivity index (χ4n) is 11.1. The van der Waals surface area contributed by atoms with Gasteiger partial charge in [0, 0.05) is 74.4 Å². The van der Waals surface area contributed by atoms with Gasteiger partial charge in [0.2, 0.25) is 17.7 Å². The number of ether oxygens (including phenoxy) is 1. The van der Waals surface area contributed by atoms with E-state index in [0.29, 0.717) is 38.3 Å². The molecule has 6 aliphatic heterocycles. The molecular weight excluding hydrogens is 799 g/mol. The molecule has 0 saturated carbocycles. The summed E-state index contributed by atoms with van der Waals surface area (Å²) in [7, 11) is 1.64. The van der Waals surface area contributed by atoms with Crippen LogP contribution in [0.2, 0.25) is 0 Å². The van der Waals surface area contributed by atoms with Gasteiger partial charge in [0.15, 0.2) is 0 Å². The number of carbonyl (C=O) groups excluding carboxylic acids is 5. The van der Waals surface area contributed by atoms with E-state index in [-0.39, 0.29) is 54.4 Å². The van der Waals surface area contributed by atoms with E-state index in [9.17, 15) is 32.8 Å². The zero-order valence-electron chi connectivity index (χ0n) is 34.9. The summed E-state index contributed by atoms with van der Waals surface area (Å²) in [5.41, 5.74) is 7.40. The second-order valence-electron chi connectivity index (χ2n) is 18.1. The van der Waals surface area contributed by atoms with Gasteiger partial charge < -0.3 is 14.5 Å². The summed E-state index contributed by atoms with van der Waals surface area (Å²) < 4.78 is 34.2. The van der Waals surface area contributed by atoms with Crippen LogP contribution >= 0.6 is 0 Å². The number of aromatic amines is 1. The predicted octanol–water partition coefficient (Wildman–Crippen LogP) is 4.80. The largest absolute Gasteiger partial charge is 0.496 e. The molecule has 6 aliphatic rings. The predicted molar refractivity (Wildman–Crippen MR) is 224 cm³/mol. The summed E-state index contributed by atoms with van der Waals surface area (Å²) in [6.07, 6.45) is 4.02. The maximum absolute atomic E-state index is 14.1. The molecule has 16 heteroatoms. The molecule has 2 N–H and O–H groups in total. The minimum atomic E-state index is -2.48. The quantitative estimate of drug-likeness (QED) is 0.237. The normalized spacial score (nSPS) is 24.0. The lowest BCUT2D eigenvalue weighted by Crippen LogP contribution is -2.54. The lowest BCUT2D eigenvalue weighted by molar-refractivity contribution is -0.137. The average Bonchev–Trinajstić information content (AvgIpc) is 3.96. The summed E-state index contributed by atoms with van der Waals surface area (Å²) in [5, 5.41) is 10.6. The Bertz CT molecular complexity index is 2460. The minimum absolute atomic E-state index is 0.0648. The molecule has 10 rings (SSSR count). The first kappa shape index (κ1) is 40.3. The molecule has 7 heterocycles. The molecule has 3 aromatic carbocycles. The molecule has 4 aromatic rings. The van der Waals surface area contributed by atoms with Gasteiger partial charge in [-0.3, -0.25) is 49.1 Å². The van der Waals surface area contributed by atoms with Crippen LogP contribution in [0, 0.1) is 5.41 Å². The third kappa shape index (κ3) is 6.91. The number of nitrogens with one attached hydrogen (secondary N) is 2. The van der Waals surface area contributed by atoms with Crippen molar-refractivity contribution in [3.63, 3.8) is 0 Å². The maximum Gasteiger partial charge on any atom is 0.262 e. The summed E-state index contributed by atoms with van der Waals surface area (Å²) in [4.78, 5) is 73.7. The SMILES string of the molecule is COc1cc(N2CCC3(CCN(C(=O)CN4Cc5cc6c(cc5C4)C(=O)N(C4CCC(=O)NC4=O)C6=O)CC3)CC2)ccc1[C@@H]1c2ccc3[nH]ncc3c2C[C@@H](C)N1CC(F)F. The first-order chi connectivity index (χ1) is 29.9. The van der Waals surface area contributed by atoms with Crippen LogP contribution in [0.3, 0.4) is 0 Å². The number of aromatic nitrogens is 2.